The van der Waals surface area contributed by atoms with Crippen molar-refractivity contribution >= 4 is 17.3 Å². The Balaban J connectivity index is 1.89. The molecule has 0 bridgehead atoms. The van der Waals surface area contributed by atoms with Crippen LogP contribution in [0.2, 0.25) is 5.02 Å². The van der Waals surface area contributed by atoms with Crippen LogP contribution < -0.4 is 10.1 Å². The first-order valence-corrected chi connectivity index (χ1v) is 7.62. The Hall–Kier alpha value is -1.67. The maximum absolute atomic E-state index is 6.26. The third-order valence-electron chi connectivity index (χ3n) is 3.84. The molecular formula is C18H20ClNO. The van der Waals surface area contributed by atoms with Gasteiger partial charge in [0.25, 0.3) is 0 Å². The van der Waals surface area contributed by atoms with Gasteiger partial charge in [-0.2, -0.15) is 0 Å². The van der Waals surface area contributed by atoms with Crippen molar-refractivity contribution in [3.8, 4) is 5.75 Å². The first kappa shape index (κ1) is 14.3. The molecule has 3 heteroatoms. The fraction of sp³-hybridized carbons (Fsp3) is 0.333. The molecule has 2 nitrogen and oxygen atoms in total. The highest BCUT2D eigenvalue weighted by Gasteiger charge is 2.24. The molecule has 1 atom stereocenters. The first-order chi connectivity index (χ1) is 9.95. The van der Waals surface area contributed by atoms with Gasteiger partial charge in [-0.05, 0) is 29.2 Å². The van der Waals surface area contributed by atoms with E-state index in [1.54, 1.807) is 0 Å². The average molecular weight is 302 g/mol. The van der Waals surface area contributed by atoms with Gasteiger partial charge in [0.1, 0.15) is 11.9 Å². The van der Waals surface area contributed by atoms with Crippen molar-refractivity contribution < 1.29 is 4.74 Å². The number of anilines is 1. The zero-order chi connectivity index (χ0) is 15.0. The Morgan fingerprint density at radius 2 is 1.90 bits per heavy atom. The second-order valence-electron chi connectivity index (χ2n) is 6.47. The number of fused-ring (bicyclic) bond motifs is 1. The van der Waals surface area contributed by atoms with Crippen molar-refractivity contribution in [1.29, 1.82) is 0 Å². The van der Waals surface area contributed by atoms with Crippen LogP contribution in [0.5, 0.6) is 5.75 Å². The minimum absolute atomic E-state index is 0.0494. The summed E-state index contributed by atoms with van der Waals surface area (Å²) < 4.78 is 6.12. The molecule has 0 fully saturated rings. The number of benzene rings is 2. The van der Waals surface area contributed by atoms with Gasteiger partial charge in [0, 0.05) is 10.6 Å². The first-order valence-electron chi connectivity index (χ1n) is 7.24. The smallest absolute Gasteiger partial charge is 0.143 e. The van der Waals surface area contributed by atoms with Crippen molar-refractivity contribution in [2.24, 2.45) is 0 Å². The molecule has 21 heavy (non-hydrogen) atoms. The summed E-state index contributed by atoms with van der Waals surface area (Å²) in [7, 11) is 0. The molecule has 0 saturated carbocycles. The fourth-order valence-electron chi connectivity index (χ4n) is 2.54. The highest BCUT2D eigenvalue weighted by Crippen LogP contribution is 2.38. The summed E-state index contributed by atoms with van der Waals surface area (Å²) in [5, 5.41) is 4.22. The lowest BCUT2D eigenvalue weighted by molar-refractivity contribution is 0.210. The van der Waals surface area contributed by atoms with E-state index in [4.69, 9.17) is 16.3 Å². The largest absolute Gasteiger partial charge is 0.482 e. The Morgan fingerprint density at radius 1 is 1.14 bits per heavy atom. The molecule has 3 rings (SSSR count). The second kappa shape index (κ2) is 5.27. The molecule has 1 N–H and O–H groups in total. The van der Waals surface area contributed by atoms with E-state index in [0.717, 1.165) is 28.6 Å². The standard InChI is InChI=1S/C18H20ClNO/c1-18(2,3)12-8-9-16-15(10-12)20-11-17(21-16)13-6-4-5-7-14(13)19/h4-10,17,20H,11H2,1-3H3. The predicted molar refractivity (Wildman–Crippen MR) is 88.5 cm³/mol. The van der Waals surface area contributed by atoms with Crippen LogP contribution in [0, 0.1) is 0 Å². The van der Waals surface area contributed by atoms with Crippen molar-refractivity contribution in [2.45, 2.75) is 32.3 Å². The maximum atomic E-state index is 6.26. The van der Waals surface area contributed by atoms with Crippen molar-refractivity contribution in [2.75, 3.05) is 11.9 Å². The Labute approximate surface area is 131 Å². The van der Waals surface area contributed by atoms with Crippen LogP contribution in [0.1, 0.15) is 38.0 Å². The summed E-state index contributed by atoms with van der Waals surface area (Å²) in [5.41, 5.74) is 3.52. The zero-order valence-corrected chi connectivity index (χ0v) is 13.4. The Morgan fingerprint density at radius 3 is 2.62 bits per heavy atom. The normalized spacial score (nSPS) is 17.6. The van der Waals surface area contributed by atoms with Crippen LogP contribution in [0.3, 0.4) is 0 Å². The Bertz CT molecular complexity index is 661. The average Bonchev–Trinajstić information content (AvgIpc) is 2.46. The Kier molecular flexibility index (Phi) is 3.58. The van der Waals surface area contributed by atoms with Gasteiger partial charge in [0.05, 0.1) is 12.2 Å². The van der Waals surface area contributed by atoms with Crippen LogP contribution in [-0.4, -0.2) is 6.54 Å². The monoisotopic (exact) mass is 301 g/mol. The van der Waals surface area contributed by atoms with Gasteiger partial charge in [0.2, 0.25) is 0 Å². The fourth-order valence-corrected chi connectivity index (χ4v) is 2.80. The highest BCUT2D eigenvalue weighted by atomic mass is 35.5. The molecule has 0 spiro atoms. The van der Waals surface area contributed by atoms with Gasteiger partial charge in [-0.25, -0.2) is 0 Å². The number of hydrogen-bond donors (Lipinski definition) is 1. The zero-order valence-electron chi connectivity index (χ0n) is 12.6. The van der Waals surface area contributed by atoms with Gasteiger partial charge in [-0.3, -0.25) is 0 Å². The summed E-state index contributed by atoms with van der Waals surface area (Å²) >= 11 is 6.26. The molecule has 0 aliphatic carbocycles. The van der Waals surface area contributed by atoms with Gasteiger partial charge < -0.3 is 10.1 Å². The van der Waals surface area contributed by atoms with E-state index in [1.807, 2.05) is 30.3 Å². The number of nitrogens with one attached hydrogen (secondary N) is 1. The van der Waals surface area contributed by atoms with E-state index in [2.05, 4.69) is 38.2 Å². The summed E-state index contributed by atoms with van der Waals surface area (Å²) in [6.45, 7) is 7.37. The van der Waals surface area contributed by atoms with Crippen molar-refractivity contribution in [3.05, 3.63) is 58.6 Å². The van der Waals surface area contributed by atoms with Crippen molar-refractivity contribution in [3.63, 3.8) is 0 Å². The molecule has 1 aliphatic heterocycles. The maximum Gasteiger partial charge on any atom is 0.143 e. The molecule has 1 heterocycles. The molecule has 0 amide bonds. The summed E-state index contributed by atoms with van der Waals surface area (Å²) in [4.78, 5) is 0. The van der Waals surface area contributed by atoms with Gasteiger partial charge in [-0.15, -0.1) is 0 Å². The van der Waals surface area contributed by atoms with E-state index < -0.39 is 0 Å². The molecule has 2 aromatic carbocycles. The number of ether oxygens (including phenoxy) is 1. The number of halogens is 1. The van der Waals surface area contributed by atoms with Crippen LogP contribution in [0.25, 0.3) is 0 Å². The SMILES string of the molecule is CC(C)(C)c1ccc2c(c1)NCC(c1ccccc1Cl)O2. The second-order valence-corrected chi connectivity index (χ2v) is 6.88. The van der Waals surface area contributed by atoms with E-state index in [9.17, 15) is 0 Å². The molecule has 0 aromatic heterocycles. The molecule has 0 saturated heterocycles. The molecular weight excluding hydrogens is 282 g/mol. The summed E-state index contributed by atoms with van der Waals surface area (Å²) in [6.07, 6.45) is -0.0494. The van der Waals surface area contributed by atoms with Crippen LogP contribution in [0.15, 0.2) is 42.5 Å². The third kappa shape index (κ3) is 2.86. The minimum Gasteiger partial charge on any atom is -0.482 e. The molecule has 110 valence electrons. The quantitative estimate of drug-likeness (QED) is 0.783. The van der Waals surface area contributed by atoms with E-state index in [-0.39, 0.29) is 11.5 Å². The molecule has 0 radical (unpaired) electrons. The summed E-state index contributed by atoms with van der Waals surface area (Å²) in [5.74, 6) is 0.888. The lowest BCUT2D eigenvalue weighted by atomic mass is 9.86. The third-order valence-corrected chi connectivity index (χ3v) is 4.19. The summed E-state index contributed by atoms with van der Waals surface area (Å²) in [6, 6.07) is 14.2. The van der Waals surface area contributed by atoms with Gasteiger partial charge in [0.15, 0.2) is 0 Å². The number of hydrogen-bond acceptors (Lipinski definition) is 2. The van der Waals surface area contributed by atoms with Gasteiger partial charge in [-0.1, -0.05) is 56.6 Å². The molecule has 1 aliphatic rings. The highest BCUT2D eigenvalue weighted by molar-refractivity contribution is 6.31. The molecule has 2 aromatic rings. The van der Waals surface area contributed by atoms with Crippen LogP contribution >= 0.6 is 11.6 Å². The van der Waals surface area contributed by atoms with E-state index >= 15 is 0 Å². The van der Waals surface area contributed by atoms with Crippen molar-refractivity contribution in [1.82, 2.24) is 0 Å². The van der Waals surface area contributed by atoms with E-state index in [1.165, 1.54) is 5.56 Å². The number of rotatable bonds is 1. The molecule has 1 unspecified atom stereocenters. The predicted octanol–water partition coefficient (Wildman–Crippen LogP) is 5.18. The van der Waals surface area contributed by atoms with Gasteiger partial charge >= 0.3 is 0 Å². The van der Waals surface area contributed by atoms with E-state index in [0.29, 0.717) is 0 Å². The van der Waals surface area contributed by atoms with Crippen LogP contribution in [-0.2, 0) is 5.41 Å². The van der Waals surface area contributed by atoms with Crippen LogP contribution in [0.4, 0.5) is 5.69 Å². The lowest BCUT2D eigenvalue weighted by Gasteiger charge is -2.30. The minimum atomic E-state index is -0.0494. The topological polar surface area (TPSA) is 21.3 Å². The lowest BCUT2D eigenvalue weighted by Crippen LogP contribution is -2.24.